The summed E-state index contributed by atoms with van der Waals surface area (Å²) in [5, 5.41) is 12.7. The van der Waals surface area contributed by atoms with Gasteiger partial charge in [-0.3, -0.25) is 9.59 Å². The lowest BCUT2D eigenvalue weighted by Gasteiger charge is -2.59. The van der Waals surface area contributed by atoms with E-state index >= 15 is 0 Å². The Bertz CT molecular complexity index is 494. The van der Waals surface area contributed by atoms with Crippen LogP contribution in [0.2, 0.25) is 0 Å². The molecule has 4 nitrogen and oxygen atoms in total. The highest BCUT2D eigenvalue weighted by Crippen LogP contribution is 2.61. The van der Waals surface area contributed by atoms with Crippen LogP contribution in [0.3, 0.4) is 0 Å². The number of rotatable bonds is 4. The van der Waals surface area contributed by atoms with E-state index in [1.165, 1.54) is 38.5 Å². The highest BCUT2D eigenvalue weighted by atomic mass is 16.4. The number of amides is 1. The Balaban J connectivity index is 1.44. The van der Waals surface area contributed by atoms with Crippen molar-refractivity contribution in [2.75, 3.05) is 0 Å². The van der Waals surface area contributed by atoms with Gasteiger partial charge in [-0.2, -0.15) is 0 Å². The van der Waals surface area contributed by atoms with Crippen LogP contribution >= 0.6 is 0 Å². The maximum atomic E-state index is 12.8. The molecule has 1 amide bonds. The van der Waals surface area contributed by atoms with Crippen LogP contribution in [0, 0.1) is 35.0 Å². The Morgan fingerprint density at radius 2 is 1.46 bits per heavy atom. The van der Waals surface area contributed by atoms with Gasteiger partial charge in [-0.05, 0) is 81.5 Å². The summed E-state index contributed by atoms with van der Waals surface area (Å²) in [6.45, 7) is 2.18. The molecule has 5 aliphatic carbocycles. The molecule has 134 valence electrons. The smallest absolute Gasteiger partial charge is 0.307 e. The van der Waals surface area contributed by atoms with Gasteiger partial charge in [0.05, 0.1) is 11.8 Å². The average Bonchev–Trinajstić information content (AvgIpc) is 2.53. The molecule has 3 unspecified atom stereocenters. The third-order valence-corrected chi connectivity index (χ3v) is 7.78. The van der Waals surface area contributed by atoms with Gasteiger partial charge < -0.3 is 10.4 Å². The third kappa shape index (κ3) is 2.76. The Labute approximate surface area is 144 Å². The minimum atomic E-state index is -0.794. The minimum absolute atomic E-state index is 0.00495. The monoisotopic (exact) mass is 333 g/mol. The van der Waals surface area contributed by atoms with E-state index in [0.717, 1.165) is 37.0 Å². The third-order valence-electron chi connectivity index (χ3n) is 7.78. The molecule has 5 rings (SSSR count). The number of carboxylic acid groups (broad SMARTS) is 1. The van der Waals surface area contributed by atoms with E-state index in [-0.39, 0.29) is 23.3 Å². The first-order valence-corrected chi connectivity index (χ1v) is 10.00. The molecule has 0 aliphatic heterocycles. The minimum Gasteiger partial charge on any atom is -0.481 e. The van der Waals surface area contributed by atoms with Gasteiger partial charge in [-0.25, -0.2) is 0 Å². The van der Waals surface area contributed by atoms with Crippen LogP contribution in [-0.4, -0.2) is 23.0 Å². The van der Waals surface area contributed by atoms with Crippen molar-refractivity contribution in [3.8, 4) is 0 Å². The van der Waals surface area contributed by atoms with Crippen molar-refractivity contribution in [3.63, 3.8) is 0 Å². The van der Waals surface area contributed by atoms with E-state index < -0.39 is 11.9 Å². The lowest BCUT2D eigenvalue weighted by atomic mass is 9.48. The van der Waals surface area contributed by atoms with Crippen LogP contribution in [0.1, 0.15) is 71.1 Å². The second-order valence-electron chi connectivity index (χ2n) is 9.35. The molecule has 5 saturated carbocycles. The number of carboxylic acids is 1. The van der Waals surface area contributed by atoms with Crippen molar-refractivity contribution in [2.45, 2.75) is 77.2 Å². The molecule has 0 aromatic rings. The Hall–Kier alpha value is -1.06. The van der Waals surface area contributed by atoms with Gasteiger partial charge in [0.15, 0.2) is 0 Å². The van der Waals surface area contributed by atoms with E-state index in [4.69, 9.17) is 0 Å². The van der Waals surface area contributed by atoms with Gasteiger partial charge in [0, 0.05) is 6.04 Å². The van der Waals surface area contributed by atoms with Crippen LogP contribution in [0.4, 0.5) is 0 Å². The largest absolute Gasteiger partial charge is 0.481 e. The van der Waals surface area contributed by atoms with Crippen LogP contribution in [0.15, 0.2) is 0 Å². The molecule has 5 fully saturated rings. The summed E-state index contributed by atoms with van der Waals surface area (Å²) in [6, 6.07) is 0.190. The zero-order valence-corrected chi connectivity index (χ0v) is 14.8. The highest BCUT2D eigenvalue weighted by Gasteiger charge is 2.53. The molecular weight excluding hydrogens is 302 g/mol. The standard InChI is InChI=1S/C20H31NO3/c1-12(20-9-13-6-14(10-20)8-15(7-13)11-20)21-18(22)16-4-2-3-5-17(16)19(23)24/h12-17H,2-11H2,1H3,(H,21,22)(H,23,24). The molecule has 0 heterocycles. The number of carbonyl (C=O) groups excluding carboxylic acids is 1. The Kier molecular flexibility index (Phi) is 4.12. The molecule has 0 aromatic carbocycles. The molecular formula is C20H31NO3. The molecule has 0 radical (unpaired) electrons. The first-order chi connectivity index (χ1) is 11.5. The molecule has 2 N–H and O–H groups in total. The molecule has 3 atom stereocenters. The summed E-state index contributed by atoms with van der Waals surface area (Å²) in [5.41, 5.74) is 0.289. The first kappa shape index (κ1) is 16.4. The summed E-state index contributed by atoms with van der Waals surface area (Å²) < 4.78 is 0. The zero-order chi connectivity index (χ0) is 16.9. The summed E-state index contributed by atoms with van der Waals surface area (Å²) in [7, 11) is 0. The van der Waals surface area contributed by atoms with Crippen LogP contribution in [0.25, 0.3) is 0 Å². The van der Waals surface area contributed by atoms with Crippen molar-refractivity contribution >= 4 is 11.9 Å². The van der Waals surface area contributed by atoms with Crippen molar-refractivity contribution in [3.05, 3.63) is 0 Å². The van der Waals surface area contributed by atoms with E-state index in [9.17, 15) is 14.7 Å². The molecule has 0 saturated heterocycles. The van der Waals surface area contributed by atoms with Crippen LogP contribution < -0.4 is 5.32 Å². The zero-order valence-electron chi connectivity index (χ0n) is 14.8. The Morgan fingerprint density at radius 1 is 0.958 bits per heavy atom. The summed E-state index contributed by atoms with van der Waals surface area (Å²) >= 11 is 0. The first-order valence-electron chi connectivity index (χ1n) is 10.00. The summed E-state index contributed by atoms with van der Waals surface area (Å²) in [6.07, 6.45) is 11.3. The second kappa shape index (κ2) is 6.03. The van der Waals surface area contributed by atoms with Gasteiger partial charge in [0.1, 0.15) is 0 Å². The molecule has 4 bridgehead atoms. The predicted molar refractivity (Wildman–Crippen MR) is 91.3 cm³/mol. The van der Waals surface area contributed by atoms with Crippen LogP contribution in [0.5, 0.6) is 0 Å². The fourth-order valence-electron chi connectivity index (χ4n) is 6.92. The van der Waals surface area contributed by atoms with Gasteiger partial charge in [0.2, 0.25) is 5.91 Å². The van der Waals surface area contributed by atoms with E-state index in [1.54, 1.807) is 0 Å². The van der Waals surface area contributed by atoms with Crippen molar-refractivity contribution in [2.24, 2.45) is 35.0 Å². The highest BCUT2D eigenvalue weighted by molar-refractivity contribution is 5.85. The molecule has 4 heteroatoms. The van der Waals surface area contributed by atoms with Gasteiger partial charge in [-0.15, -0.1) is 0 Å². The molecule has 0 spiro atoms. The van der Waals surface area contributed by atoms with E-state index in [2.05, 4.69) is 12.2 Å². The van der Waals surface area contributed by atoms with Gasteiger partial charge >= 0.3 is 5.97 Å². The summed E-state index contributed by atoms with van der Waals surface area (Å²) in [5.74, 6) is 1.02. The fourth-order valence-corrected chi connectivity index (χ4v) is 6.92. The van der Waals surface area contributed by atoms with Crippen molar-refractivity contribution in [1.82, 2.24) is 5.32 Å². The van der Waals surface area contributed by atoms with Gasteiger partial charge in [0.25, 0.3) is 0 Å². The predicted octanol–water partition coefficient (Wildman–Crippen LogP) is 3.60. The second-order valence-corrected chi connectivity index (χ2v) is 9.35. The topological polar surface area (TPSA) is 66.4 Å². The van der Waals surface area contributed by atoms with Crippen molar-refractivity contribution < 1.29 is 14.7 Å². The maximum absolute atomic E-state index is 12.8. The molecule has 24 heavy (non-hydrogen) atoms. The van der Waals surface area contributed by atoms with E-state index in [1.807, 2.05) is 0 Å². The fraction of sp³-hybridized carbons (Fsp3) is 0.900. The number of hydrogen-bond donors (Lipinski definition) is 2. The average molecular weight is 333 g/mol. The van der Waals surface area contributed by atoms with Crippen molar-refractivity contribution in [1.29, 1.82) is 0 Å². The number of aliphatic carboxylic acids is 1. The SMILES string of the molecule is CC(NC(=O)C1CCCCC1C(=O)O)C12CC3CC(CC(C3)C1)C2. The maximum Gasteiger partial charge on any atom is 0.307 e. The molecule has 5 aliphatic rings. The normalized spacial score (nSPS) is 45.0. The summed E-state index contributed by atoms with van der Waals surface area (Å²) in [4.78, 5) is 24.3. The number of hydrogen-bond acceptors (Lipinski definition) is 2. The quantitative estimate of drug-likeness (QED) is 0.826. The Morgan fingerprint density at radius 3 is 1.96 bits per heavy atom. The van der Waals surface area contributed by atoms with Crippen LogP contribution in [-0.2, 0) is 9.59 Å². The molecule has 0 aromatic heterocycles. The van der Waals surface area contributed by atoms with E-state index in [0.29, 0.717) is 6.42 Å². The lowest BCUT2D eigenvalue weighted by Crippen LogP contribution is -2.57. The van der Waals surface area contributed by atoms with Gasteiger partial charge in [-0.1, -0.05) is 12.8 Å². The number of nitrogens with one attached hydrogen (secondary N) is 1. The number of carbonyl (C=O) groups is 2. The lowest BCUT2D eigenvalue weighted by molar-refractivity contribution is -0.149.